The maximum Gasteiger partial charge on any atom is 0.490 e. The summed E-state index contributed by atoms with van der Waals surface area (Å²) in [4.78, 5) is 14.7. The quantitative estimate of drug-likeness (QED) is 0.821. The summed E-state index contributed by atoms with van der Waals surface area (Å²) in [5.41, 5.74) is 1.22. The Balaban J connectivity index is 0.000000224. The molecule has 0 spiro atoms. The molecule has 1 aliphatic rings. The van der Waals surface area contributed by atoms with Crippen LogP contribution in [-0.4, -0.2) is 42.4 Å². The number of rotatable bonds is 1. The fourth-order valence-corrected chi connectivity index (χ4v) is 2.29. The van der Waals surface area contributed by atoms with Gasteiger partial charge in [0.15, 0.2) is 0 Å². The molecule has 2 rings (SSSR count). The van der Waals surface area contributed by atoms with E-state index in [9.17, 15) is 13.2 Å². The van der Waals surface area contributed by atoms with E-state index in [0.717, 1.165) is 31.1 Å². The lowest BCUT2D eigenvalue weighted by atomic mass is 10.2. The molecule has 19 heavy (non-hydrogen) atoms. The minimum atomic E-state index is -5.08. The molecule has 0 saturated heterocycles. The van der Waals surface area contributed by atoms with Crippen LogP contribution in [0.15, 0.2) is 0 Å². The highest BCUT2D eigenvalue weighted by Crippen LogP contribution is 2.26. The van der Waals surface area contributed by atoms with Crippen molar-refractivity contribution in [2.75, 3.05) is 20.2 Å². The number of carbonyl (C=O) groups is 1. The van der Waals surface area contributed by atoms with Gasteiger partial charge in [-0.2, -0.15) is 13.2 Å². The van der Waals surface area contributed by atoms with Gasteiger partial charge in [-0.3, -0.25) is 0 Å². The number of aliphatic carboxylic acids is 1. The predicted molar refractivity (Wildman–Crippen MR) is 62.6 cm³/mol. The van der Waals surface area contributed by atoms with Crippen molar-refractivity contribution < 1.29 is 27.8 Å². The number of carboxylic acid groups (broad SMARTS) is 1. The summed E-state index contributed by atoms with van der Waals surface area (Å²) >= 11 is 1.68. The predicted octanol–water partition coefficient (Wildman–Crippen LogP) is 1.47. The third kappa shape index (κ3) is 5.03. The van der Waals surface area contributed by atoms with E-state index in [1.54, 1.807) is 18.4 Å². The number of hydrogen-bond acceptors (Lipinski definition) is 5. The molecule has 0 saturated carbocycles. The average Bonchev–Trinajstić information content (AvgIpc) is 2.59. The maximum atomic E-state index is 10.6. The van der Waals surface area contributed by atoms with Gasteiger partial charge >= 0.3 is 12.1 Å². The summed E-state index contributed by atoms with van der Waals surface area (Å²) in [6, 6.07) is 0. The molecule has 0 aliphatic carbocycles. The summed E-state index contributed by atoms with van der Waals surface area (Å²) in [7, 11) is 1.68. The average molecular weight is 298 g/mol. The number of nitrogens with one attached hydrogen (secondary N) is 1. The molecular formula is C10H13F3N2O3S. The topological polar surface area (TPSA) is 71.5 Å². The monoisotopic (exact) mass is 298 g/mol. The van der Waals surface area contributed by atoms with Gasteiger partial charge in [0.1, 0.15) is 0 Å². The zero-order chi connectivity index (χ0) is 14.5. The van der Waals surface area contributed by atoms with E-state index in [-0.39, 0.29) is 0 Å². The smallest absolute Gasteiger partial charge is 0.475 e. The highest BCUT2D eigenvalue weighted by Gasteiger charge is 2.38. The molecular weight excluding hydrogens is 285 g/mol. The van der Waals surface area contributed by atoms with Gasteiger partial charge in [-0.05, 0) is 6.42 Å². The van der Waals surface area contributed by atoms with E-state index in [0.29, 0.717) is 0 Å². The van der Waals surface area contributed by atoms with Gasteiger partial charge in [0.25, 0.3) is 5.19 Å². The fraction of sp³-hybridized carbons (Fsp3) is 0.600. The number of fused-ring (bicyclic) bond motifs is 1. The second kappa shape index (κ2) is 6.71. The molecule has 0 aromatic carbocycles. The van der Waals surface area contributed by atoms with Crippen molar-refractivity contribution in [2.45, 2.75) is 19.0 Å². The van der Waals surface area contributed by atoms with Gasteiger partial charge in [0.05, 0.1) is 12.8 Å². The Bertz CT molecular complexity index is 411. The van der Waals surface area contributed by atoms with Crippen LogP contribution in [0.1, 0.15) is 10.6 Å². The lowest BCUT2D eigenvalue weighted by molar-refractivity contribution is -0.192. The minimum Gasteiger partial charge on any atom is -0.475 e. The minimum absolute atomic E-state index is 0.807. The Morgan fingerprint density at radius 2 is 2.00 bits per heavy atom. The largest absolute Gasteiger partial charge is 0.490 e. The van der Waals surface area contributed by atoms with E-state index in [1.807, 2.05) is 0 Å². The van der Waals surface area contributed by atoms with Crippen LogP contribution in [-0.2, 0) is 17.6 Å². The molecule has 1 aliphatic heterocycles. The van der Waals surface area contributed by atoms with E-state index in [1.165, 1.54) is 10.6 Å². The van der Waals surface area contributed by atoms with E-state index in [4.69, 9.17) is 14.6 Å². The normalized spacial score (nSPS) is 14.7. The number of nitrogens with zero attached hydrogens (tertiary/aromatic N) is 1. The van der Waals surface area contributed by atoms with Crippen molar-refractivity contribution in [1.29, 1.82) is 0 Å². The molecule has 0 amide bonds. The Hall–Kier alpha value is -1.35. The maximum absolute atomic E-state index is 10.6. The summed E-state index contributed by atoms with van der Waals surface area (Å²) in [6.07, 6.45) is -2.95. The number of ether oxygens (including phenoxy) is 1. The van der Waals surface area contributed by atoms with Crippen molar-refractivity contribution in [1.82, 2.24) is 10.3 Å². The molecule has 108 valence electrons. The highest BCUT2D eigenvalue weighted by atomic mass is 32.1. The molecule has 5 nitrogen and oxygen atoms in total. The molecule has 1 aromatic heterocycles. The van der Waals surface area contributed by atoms with E-state index in [2.05, 4.69) is 10.3 Å². The molecule has 2 heterocycles. The number of alkyl halides is 3. The molecule has 0 atom stereocenters. The van der Waals surface area contributed by atoms with Crippen molar-refractivity contribution in [3.05, 3.63) is 10.6 Å². The molecule has 0 bridgehead atoms. The molecule has 1 aromatic rings. The van der Waals surface area contributed by atoms with Gasteiger partial charge in [0, 0.05) is 24.4 Å². The van der Waals surface area contributed by atoms with Crippen LogP contribution in [0.4, 0.5) is 13.2 Å². The first-order valence-corrected chi connectivity index (χ1v) is 6.19. The number of halogens is 3. The summed E-state index contributed by atoms with van der Waals surface area (Å²) in [5, 5.41) is 11.3. The van der Waals surface area contributed by atoms with Gasteiger partial charge in [0.2, 0.25) is 0 Å². The standard InChI is InChI=1S/C8H12N2OS.C2HF3O2/c1-11-8-10-6-2-4-9-5-3-7(6)12-8;3-2(4,5)1(6)7/h9H,2-5H2,1H3;(H,6,7). The lowest BCUT2D eigenvalue weighted by Crippen LogP contribution is -2.21. The molecule has 0 unspecified atom stereocenters. The van der Waals surface area contributed by atoms with Gasteiger partial charge in [-0.25, -0.2) is 9.78 Å². The Morgan fingerprint density at radius 1 is 1.42 bits per heavy atom. The Kier molecular flexibility index (Phi) is 5.55. The van der Waals surface area contributed by atoms with Crippen LogP contribution >= 0.6 is 11.3 Å². The molecule has 9 heteroatoms. The Morgan fingerprint density at radius 3 is 2.53 bits per heavy atom. The van der Waals surface area contributed by atoms with Crippen LogP contribution in [0.3, 0.4) is 0 Å². The summed E-state index contributed by atoms with van der Waals surface area (Å²) in [5.74, 6) is -2.76. The number of aromatic nitrogens is 1. The van der Waals surface area contributed by atoms with Crippen LogP contribution in [0.2, 0.25) is 0 Å². The van der Waals surface area contributed by atoms with E-state index >= 15 is 0 Å². The van der Waals surface area contributed by atoms with Crippen molar-refractivity contribution in [3.63, 3.8) is 0 Å². The summed E-state index contributed by atoms with van der Waals surface area (Å²) in [6.45, 7) is 2.11. The van der Waals surface area contributed by atoms with Crippen molar-refractivity contribution in [3.8, 4) is 5.19 Å². The number of thiazole rings is 1. The summed E-state index contributed by atoms with van der Waals surface area (Å²) < 4.78 is 36.8. The highest BCUT2D eigenvalue weighted by molar-refractivity contribution is 7.13. The Labute approximate surface area is 111 Å². The molecule has 2 N–H and O–H groups in total. The second-order valence-electron chi connectivity index (χ2n) is 3.61. The van der Waals surface area contributed by atoms with Crippen molar-refractivity contribution >= 4 is 17.3 Å². The first kappa shape index (κ1) is 15.7. The zero-order valence-corrected chi connectivity index (χ0v) is 10.9. The fourth-order valence-electron chi connectivity index (χ4n) is 1.37. The molecule has 0 radical (unpaired) electrons. The van der Waals surface area contributed by atoms with Gasteiger partial charge in [-0.1, -0.05) is 11.3 Å². The third-order valence-electron chi connectivity index (χ3n) is 2.24. The van der Waals surface area contributed by atoms with Crippen LogP contribution < -0.4 is 10.1 Å². The number of hydrogen-bond donors (Lipinski definition) is 2. The number of carboxylic acids is 1. The van der Waals surface area contributed by atoms with Crippen LogP contribution in [0.5, 0.6) is 5.19 Å². The number of methoxy groups -OCH3 is 1. The third-order valence-corrected chi connectivity index (χ3v) is 3.36. The van der Waals surface area contributed by atoms with E-state index < -0.39 is 12.1 Å². The van der Waals surface area contributed by atoms with Gasteiger partial charge < -0.3 is 15.2 Å². The first-order chi connectivity index (χ1) is 8.84. The van der Waals surface area contributed by atoms with Crippen LogP contribution in [0, 0.1) is 0 Å². The molecule has 0 fully saturated rings. The zero-order valence-electron chi connectivity index (χ0n) is 10.1. The van der Waals surface area contributed by atoms with Gasteiger partial charge in [-0.15, -0.1) is 0 Å². The SMILES string of the molecule is COc1nc2c(s1)CCNCC2.O=C(O)C(F)(F)F. The second-order valence-corrected chi connectivity index (χ2v) is 4.65. The lowest BCUT2D eigenvalue weighted by Gasteiger charge is -1.94. The van der Waals surface area contributed by atoms with Crippen molar-refractivity contribution in [2.24, 2.45) is 0 Å². The van der Waals surface area contributed by atoms with Crippen LogP contribution in [0.25, 0.3) is 0 Å². The first-order valence-electron chi connectivity index (χ1n) is 5.38.